The summed E-state index contributed by atoms with van der Waals surface area (Å²) in [7, 11) is 8.76. The monoisotopic (exact) mass is 1250 g/mol. The lowest BCUT2D eigenvalue weighted by atomic mass is 10.1. The molecule has 10 aromatic rings. The third kappa shape index (κ3) is 19.3. The molecule has 1 amide bonds. The Hall–Kier alpha value is -10.6. The number of halogens is 3. The molecule has 430 valence electrons. The van der Waals surface area contributed by atoms with E-state index < -0.39 is 44.9 Å². The molecule has 0 spiro atoms. The van der Waals surface area contributed by atoms with Gasteiger partial charge >= 0.3 is 5.97 Å². The summed E-state index contributed by atoms with van der Waals surface area (Å²) in [6.07, 6.45) is 15.0. The smallest absolute Gasteiger partial charge is 0.335 e. The van der Waals surface area contributed by atoms with E-state index in [1.807, 2.05) is 109 Å². The summed E-state index contributed by atoms with van der Waals surface area (Å²) in [5, 5.41) is 66.3. The van der Waals surface area contributed by atoms with Gasteiger partial charge in [0.15, 0.2) is 35.2 Å². The number of phenolic OH excluding ortho intramolecular Hbond substituents is 2. The lowest BCUT2D eigenvalue weighted by Gasteiger charge is -2.09. The molecule has 0 saturated carbocycles. The highest BCUT2D eigenvalue weighted by Crippen LogP contribution is 2.31. The number of carboxylic acids is 1. The number of nitrogens with one attached hydrogen (secondary N) is 1. The van der Waals surface area contributed by atoms with Crippen LogP contribution in [-0.4, -0.2) is 89.6 Å². The number of aromatic hydroxyl groups is 2. The Balaban J connectivity index is 0.000000225. The number of nitrogen functional groups attached to an aromatic ring is 1. The highest BCUT2D eigenvalue weighted by molar-refractivity contribution is 14.1. The van der Waals surface area contributed by atoms with Gasteiger partial charge in [-0.05, 0) is 107 Å². The van der Waals surface area contributed by atoms with E-state index in [2.05, 4.69) is 48.3 Å². The van der Waals surface area contributed by atoms with Gasteiger partial charge in [-0.2, -0.15) is 20.4 Å². The molecule has 4 heterocycles. The molecule has 0 bridgehead atoms. The Bertz CT molecular complexity index is 3800. The second kappa shape index (κ2) is 30.1. The maximum atomic E-state index is 13.7. The number of hydrogen-bond donors (Lipinski definition) is 5. The number of amides is 1. The van der Waals surface area contributed by atoms with Gasteiger partial charge in [-0.15, -0.1) is 0 Å². The quantitative estimate of drug-likeness (QED) is 0.0279. The number of rotatable bonds is 10. The van der Waals surface area contributed by atoms with Crippen LogP contribution in [0.2, 0.25) is 0 Å². The fourth-order valence-electron chi connectivity index (χ4n) is 6.86. The number of phenols is 2. The van der Waals surface area contributed by atoms with Crippen LogP contribution < -0.4 is 15.8 Å². The van der Waals surface area contributed by atoms with Crippen molar-refractivity contribution in [1.82, 2.24) is 39.1 Å². The molecule has 6 aromatic carbocycles. The van der Waals surface area contributed by atoms with Crippen molar-refractivity contribution in [3.05, 3.63) is 229 Å². The number of nitrogens with two attached hydrogens (primary N) is 1. The Morgan fingerprint density at radius 3 is 1.41 bits per heavy atom. The number of aldehydes is 1. The van der Waals surface area contributed by atoms with Crippen molar-refractivity contribution in [3.63, 3.8) is 0 Å². The summed E-state index contributed by atoms with van der Waals surface area (Å²) < 4.78 is 39.4. The van der Waals surface area contributed by atoms with E-state index in [-0.39, 0.29) is 41.5 Å². The number of nitro benzene ring substituents is 2. The van der Waals surface area contributed by atoms with Gasteiger partial charge in [0, 0.05) is 112 Å². The Labute approximate surface area is 487 Å². The van der Waals surface area contributed by atoms with Crippen LogP contribution in [-0.2, 0) is 28.2 Å². The molecule has 0 aliphatic heterocycles. The molecule has 0 saturated heterocycles. The van der Waals surface area contributed by atoms with Crippen LogP contribution in [0, 0.1) is 42.4 Å². The Kier molecular flexibility index (Phi) is 22.9. The number of aromatic nitrogens is 8. The molecule has 0 unspecified atom stereocenters. The first kappa shape index (κ1) is 63.2. The maximum absolute atomic E-state index is 13.7. The predicted octanol–water partition coefficient (Wildman–Crippen LogP) is 11.1. The SMILES string of the molecule is COc1cc(C(=O)Nc2ccc(-c3cnn(C)c3)cc2)cc(F)c1O.Cc1ccc([N+](=O)[O-])cc1.Cn1cc(-c2ccc(N)cc2)cn1.Cn1cc(-c2ccc([N+](=O)[O-])cc2)cn1.Cn1cc(I)cn1.O=Cc1cc(C(=O)O)cc(F)c1O.[HH]. The summed E-state index contributed by atoms with van der Waals surface area (Å²) in [5.74, 6) is -5.47. The van der Waals surface area contributed by atoms with Crippen LogP contribution in [0.1, 0.15) is 38.1 Å². The number of carboxylic acid groups (broad SMARTS) is 1. The number of nitro groups is 2. The van der Waals surface area contributed by atoms with Crippen molar-refractivity contribution in [1.29, 1.82) is 0 Å². The first-order valence-electron chi connectivity index (χ1n) is 24.1. The molecule has 83 heavy (non-hydrogen) atoms. The van der Waals surface area contributed by atoms with Crippen molar-refractivity contribution in [2.75, 3.05) is 18.2 Å². The van der Waals surface area contributed by atoms with Crippen molar-refractivity contribution in [2.24, 2.45) is 28.2 Å². The number of aromatic carboxylic acids is 1. The first-order valence-corrected chi connectivity index (χ1v) is 25.1. The number of non-ortho nitro benzene ring substituents is 2. The summed E-state index contributed by atoms with van der Waals surface area (Å²) in [4.78, 5) is 52.6. The van der Waals surface area contributed by atoms with E-state index in [4.69, 9.17) is 20.7 Å². The zero-order chi connectivity index (χ0) is 60.9. The molecular formula is C57H55F2IN12O11. The number of carbonyl (C=O) groups excluding carboxylic acids is 2. The van der Waals surface area contributed by atoms with Gasteiger partial charge in [0.05, 0.1) is 56.4 Å². The average molecular weight is 1250 g/mol. The van der Waals surface area contributed by atoms with Gasteiger partial charge < -0.3 is 31.1 Å². The van der Waals surface area contributed by atoms with Gasteiger partial charge in [0.1, 0.15) is 0 Å². The summed E-state index contributed by atoms with van der Waals surface area (Å²) in [6, 6.07) is 31.6. The molecule has 10 rings (SSSR count). The molecule has 6 N–H and O–H groups in total. The maximum Gasteiger partial charge on any atom is 0.335 e. The van der Waals surface area contributed by atoms with Gasteiger partial charge in [0.2, 0.25) is 0 Å². The van der Waals surface area contributed by atoms with E-state index in [0.717, 1.165) is 56.8 Å². The summed E-state index contributed by atoms with van der Waals surface area (Å²) in [5.41, 5.74) is 13.6. The Morgan fingerprint density at radius 1 is 0.627 bits per heavy atom. The van der Waals surface area contributed by atoms with Crippen molar-refractivity contribution in [3.8, 4) is 50.6 Å². The number of nitrogens with zero attached hydrogens (tertiary/aromatic N) is 10. The van der Waals surface area contributed by atoms with Crippen LogP contribution in [0.5, 0.6) is 17.2 Å². The highest BCUT2D eigenvalue weighted by atomic mass is 127. The fourth-order valence-corrected chi connectivity index (χ4v) is 7.39. The molecule has 0 fully saturated rings. The number of benzene rings is 6. The lowest BCUT2D eigenvalue weighted by Crippen LogP contribution is -2.12. The minimum absolute atomic E-state index is 0. The van der Waals surface area contributed by atoms with Crippen LogP contribution in [0.3, 0.4) is 0 Å². The van der Waals surface area contributed by atoms with E-state index in [0.29, 0.717) is 11.8 Å². The average Bonchev–Trinajstić information content (AvgIpc) is 4.34. The predicted molar refractivity (Wildman–Crippen MR) is 316 cm³/mol. The molecule has 0 aliphatic rings. The van der Waals surface area contributed by atoms with Crippen molar-refractivity contribution >= 4 is 63.5 Å². The van der Waals surface area contributed by atoms with Gasteiger partial charge in [-0.1, -0.05) is 42.0 Å². The summed E-state index contributed by atoms with van der Waals surface area (Å²) >= 11 is 2.22. The lowest BCUT2D eigenvalue weighted by molar-refractivity contribution is -0.385. The van der Waals surface area contributed by atoms with Crippen LogP contribution in [0.15, 0.2) is 171 Å². The van der Waals surface area contributed by atoms with Gasteiger partial charge in [0.25, 0.3) is 17.3 Å². The molecule has 26 heteroatoms. The van der Waals surface area contributed by atoms with Gasteiger partial charge in [-0.3, -0.25) is 48.5 Å². The van der Waals surface area contributed by atoms with Crippen molar-refractivity contribution in [2.45, 2.75) is 6.92 Å². The largest absolute Gasteiger partial charge is 0.504 e. The van der Waals surface area contributed by atoms with Crippen molar-refractivity contribution < 1.29 is 54.5 Å². The number of ether oxygens (including phenoxy) is 1. The van der Waals surface area contributed by atoms with E-state index in [1.165, 1.54) is 41.0 Å². The summed E-state index contributed by atoms with van der Waals surface area (Å²) in [6.45, 7) is 1.89. The Morgan fingerprint density at radius 2 is 1.04 bits per heavy atom. The number of carbonyl (C=O) groups is 3. The fraction of sp³-hybridized carbons (Fsp3) is 0.105. The third-order valence-corrected chi connectivity index (χ3v) is 11.7. The molecule has 4 aromatic heterocycles. The third-order valence-electron chi connectivity index (χ3n) is 11.1. The first-order chi connectivity index (χ1) is 39.4. The number of anilines is 2. The number of methoxy groups -OCH3 is 1. The highest BCUT2D eigenvalue weighted by Gasteiger charge is 2.16. The normalized spacial score (nSPS) is 10.0. The second-order valence-electron chi connectivity index (χ2n) is 17.4. The number of hydrogen-bond acceptors (Lipinski definition) is 15. The molecular weight excluding hydrogens is 1190 g/mol. The van der Waals surface area contributed by atoms with E-state index in [9.17, 15) is 48.5 Å². The minimum atomic E-state index is -1.36. The van der Waals surface area contributed by atoms with E-state index >= 15 is 0 Å². The van der Waals surface area contributed by atoms with E-state index in [1.54, 1.807) is 67.5 Å². The number of aryl methyl sites for hydroxylation is 5. The van der Waals surface area contributed by atoms with Crippen LogP contribution in [0.4, 0.5) is 31.5 Å². The van der Waals surface area contributed by atoms with Crippen LogP contribution >= 0.6 is 22.6 Å². The standard InChI is InChI=1S/C18H16FN3O3.C10H9N3O2.C10H11N3.C8H5FO4.C7H7NO2.C4H5IN2.H2/c1-22-10-13(9-20-22)11-3-5-14(6-4-11)21-18(24)12-7-15(19)17(23)16(8-12)25-2;1-12-7-9(6-11-12)8-2-4-10(5-3-8)13(14)15;1-13-7-9(6-12-13)8-2-4-10(11)5-3-8;9-6-2-4(8(12)13)1-5(3-10)7(6)11;1-6-2-4-7(5-3-6)8(9)10;1-7-3-4(5)2-6-7;/h3-10,23H,1-2H3,(H,21,24);2-7H,1H3;2-7H,11H2,1H3;1-3,11H,(H,12,13);2-5H,1H3;2-3H,1H3;1H. The zero-order valence-electron chi connectivity index (χ0n) is 45.0. The molecule has 0 radical (unpaired) electrons. The van der Waals surface area contributed by atoms with Gasteiger partial charge in [-0.25, -0.2) is 13.6 Å². The molecule has 0 aliphatic carbocycles. The zero-order valence-corrected chi connectivity index (χ0v) is 47.2. The van der Waals surface area contributed by atoms with Crippen LogP contribution in [0.25, 0.3) is 33.4 Å². The second-order valence-corrected chi connectivity index (χ2v) is 18.7. The topological polar surface area (TPSA) is 317 Å². The molecule has 0 atom stereocenters. The minimum Gasteiger partial charge on any atom is -0.504 e. The molecule has 23 nitrogen and oxygen atoms in total.